The largest absolute Gasteiger partial charge is 0.508 e. The molecule has 33 heavy (non-hydrogen) atoms. The first-order chi connectivity index (χ1) is 15.0. The topological polar surface area (TPSA) is 145 Å². The van der Waals surface area contributed by atoms with Crippen LogP contribution >= 0.6 is 0 Å². The first-order valence-corrected chi connectivity index (χ1v) is 10.00. The van der Waals surface area contributed by atoms with Gasteiger partial charge in [-0.1, -0.05) is 6.54 Å². The summed E-state index contributed by atoms with van der Waals surface area (Å²) in [4.78, 5) is 39.3. The van der Waals surface area contributed by atoms with E-state index in [0.717, 1.165) is 19.0 Å². The molecular formula is C19H26N6O6Y2-2. The maximum atomic E-state index is 11.6. The summed E-state index contributed by atoms with van der Waals surface area (Å²) in [5.41, 5.74) is 0. The van der Waals surface area contributed by atoms with Gasteiger partial charge in [0.1, 0.15) is 26.4 Å². The van der Waals surface area contributed by atoms with Crippen LogP contribution in [0.25, 0.3) is 0 Å². The van der Waals surface area contributed by atoms with Crippen LogP contribution in [0.1, 0.15) is 13.8 Å². The van der Waals surface area contributed by atoms with E-state index >= 15 is 0 Å². The molecule has 0 fully saturated rings. The van der Waals surface area contributed by atoms with E-state index in [1.54, 1.807) is 6.92 Å². The summed E-state index contributed by atoms with van der Waals surface area (Å²) >= 11 is 0. The number of carbonyl (C=O) groups is 2. The average Bonchev–Trinajstić information content (AvgIpc) is 3.60. The van der Waals surface area contributed by atoms with Crippen LogP contribution in [-0.2, 0) is 94.0 Å². The van der Waals surface area contributed by atoms with Crippen molar-refractivity contribution in [2.45, 2.75) is 13.8 Å². The summed E-state index contributed by atoms with van der Waals surface area (Å²) in [6, 6.07) is 0.579. The Labute approximate surface area is 243 Å². The molecule has 2 N–H and O–H groups in total. The van der Waals surface area contributed by atoms with E-state index in [1.807, 2.05) is 6.92 Å². The van der Waals surface area contributed by atoms with Gasteiger partial charge in [-0.15, -0.1) is 0 Å². The zero-order valence-corrected chi connectivity index (χ0v) is 24.4. The van der Waals surface area contributed by atoms with Crippen LogP contribution < -0.4 is 10.6 Å². The van der Waals surface area contributed by atoms with Gasteiger partial charge < -0.3 is 29.6 Å². The van der Waals surface area contributed by atoms with Crippen molar-refractivity contribution < 1.29 is 94.0 Å². The molecule has 4 heterocycles. The van der Waals surface area contributed by atoms with Crippen LogP contribution in [0.3, 0.4) is 0 Å². The second kappa shape index (κ2) is 15.7. The van der Waals surface area contributed by atoms with Crippen LogP contribution in [0.15, 0.2) is 20.0 Å². The molecule has 14 heteroatoms. The summed E-state index contributed by atoms with van der Waals surface area (Å²) in [6.45, 7) is 8.52. The standard InChI is InChI=1S/C11H15N4O4.C8H11N2O2.2Y/c1-7(15-9(17)11-13-3-5-19-11)6-14-8(16)10-12-2-4-18-10;1-6(7-9-2-4-11-7)8-10-3-5-12-8;;/h2-6H2,1H3,(H,14,16)(H,15,17);2-5H2,1H3;;/q2*-1;;. The molecule has 0 saturated carbocycles. The fourth-order valence-corrected chi connectivity index (χ4v) is 2.74. The summed E-state index contributed by atoms with van der Waals surface area (Å²) in [5, 5.41) is 5.19. The van der Waals surface area contributed by atoms with Crippen molar-refractivity contribution in [2.24, 2.45) is 20.0 Å². The Bertz CT molecular complexity index is 780. The van der Waals surface area contributed by atoms with Gasteiger partial charge >= 0.3 is 5.91 Å². The Morgan fingerprint density at radius 1 is 0.758 bits per heavy atom. The first-order valence-electron chi connectivity index (χ1n) is 10.00. The van der Waals surface area contributed by atoms with E-state index < -0.39 is 5.91 Å². The molecule has 0 spiro atoms. The van der Waals surface area contributed by atoms with Gasteiger partial charge in [0, 0.05) is 65.4 Å². The molecule has 0 aromatic rings. The van der Waals surface area contributed by atoms with Gasteiger partial charge in [0.15, 0.2) is 0 Å². The van der Waals surface area contributed by atoms with Crippen molar-refractivity contribution in [3.8, 4) is 0 Å². The molecule has 0 aromatic carbocycles. The van der Waals surface area contributed by atoms with Crippen LogP contribution in [0.4, 0.5) is 0 Å². The van der Waals surface area contributed by atoms with E-state index in [4.69, 9.17) is 18.9 Å². The van der Waals surface area contributed by atoms with Crippen molar-refractivity contribution in [2.75, 3.05) is 59.2 Å². The maximum absolute atomic E-state index is 11.6. The quantitative estimate of drug-likeness (QED) is 0.356. The number of ether oxygens (including phenoxy) is 4. The zero-order chi connectivity index (χ0) is 22.1. The van der Waals surface area contributed by atoms with Crippen molar-refractivity contribution in [3.63, 3.8) is 0 Å². The second-order valence-corrected chi connectivity index (χ2v) is 6.68. The molecule has 0 bridgehead atoms. The monoisotopic (exact) mass is 612 g/mol. The molecule has 0 unspecified atom stereocenters. The fraction of sp³-hybridized carbons (Fsp3) is 0.579. The number of amides is 2. The molecule has 0 aliphatic carbocycles. The van der Waals surface area contributed by atoms with Crippen LogP contribution in [0.5, 0.6) is 0 Å². The maximum Gasteiger partial charge on any atom is 0.303 e. The SMILES string of the molecule is C[C-](C1=NCCO1)C1=NCCO1.C[C-](CNC(=O)C1=NCCO1)NC(=O)C1=NCCO1.[Y].[Y]. The van der Waals surface area contributed by atoms with E-state index in [-0.39, 0.29) is 89.7 Å². The molecule has 0 aromatic heterocycles. The molecule has 4 aliphatic heterocycles. The minimum atomic E-state index is -0.404. The smallest absolute Gasteiger partial charge is 0.303 e. The predicted octanol–water partition coefficient (Wildman–Crippen LogP) is -0.939. The molecular weight excluding hydrogens is 586 g/mol. The first kappa shape index (κ1) is 29.9. The number of hydrogen-bond donors (Lipinski definition) is 2. The molecule has 2 amide bonds. The van der Waals surface area contributed by atoms with Gasteiger partial charge in [-0.25, -0.2) is 21.9 Å². The summed E-state index contributed by atoms with van der Waals surface area (Å²) in [7, 11) is 0. The van der Waals surface area contributed by atoms with Gasteiger partial charge in [0.2, 0.25) is 0 Å². The van der Waals surface area contributed by atoms with Gasteiger partial charge in [-0.2, -0.15) is 13.8 Å². The third kappa shape index (κ3) is 9.58. The van der Waals surface area contributed by atoms with Gasteiger partial charge in [0.05, 0.1) is 38.0 Å². The number of nitrogens with one attached hydrogen (secondary N) is 2. The molecule has 0 atom stereocenters. The Morgan fingerprint density at radius 3 is 1.64 bits per heavy atom. The van der Waals surface area contributed by atoms with Crippen LogP contribution in [0, 0.1) is 12.0 Å². The minimum absolute atomic E-state index is 0. The summed E-state index contributed by atoms with van der Waals surface area (Å²) in [6.07, 6.45) is 0. The molecule has 2 radical (unpaired) electrons. The van der Waals surface area contributed by atoms with Crippen molar-refractivity contribution in [3.05, 3.63) is 12.0 Å². The number of nitrogens with zero attached hydrogens (tertiary/aromatic N) is 4. The third-order valence-corrected chi connectivity index (χ3v) is 4.21. The Morgan fingerprint density at radius 2 is 1.21 bits per heavy atom. The van der Waals surface area contributed by atoms with Crippen molar-refractivity contribution >= 4 is 35.4 Å². The molecule has 4 aliphatic rings. The van der Waals surface area contributed by atoms with Gasteiger partial charge in [-0.3, -0.25) is 19.6 Å². The number of hydrogen-bond acceptors (Lipinski definition) is 10. The Balaban J connectivity index is 0.000000338. The molecule has 0 saturated heterocycles. The third-order valence-electron chi connectivity index (χ3n) is 4.21. The van der Waals surface area contributed by atoms with E-state index in [1.165, 1.54) is 0 Å². The zero-order valence-electron chi connectivity index (χ0n) is 18.8. The molecule has 4 rings (SSSR count). The number of carbonyl (C=O) groups excluding carboxylic acids is 2. The number of aliphatic imine (C=N–C) groups is 4. The van der Waals surface area contributed by atoms with Crippen LogP contribution in [-0.4, -0.2) is 94.6 Å². The van der Waals surface area contributed by atoms with Gasteiger partial charge in [0.25, 0.3) is 17.7 Å². The minimum Gasteiger partial charge on any atom is -0.508 e. The normalized spacial score (nSPS) is 17.7. The second-order valence-electron chi connectivity index (χ2n) is 6.68. The van der Waals surface area contributed by atoms with E-state index in [0.29, 0.717) is 57.4 Å². The van der Waals surface area contributed by atoms with Gasteiger partial charge in [-0.05, 0) is 0 Å². The van der Waals surface area contributed by atoms with E-state index in [2.05, 4.69) is 30.6 Å². The molecule has 176 valence electrons. The van der Waals surface area contributed by atoms with Crippen molar-refractivity contribution in [1.29, 1.82) is 0 Å². The Kier molecular flexibility index (Phi) is 14.3. The Hall–Kier alpha value is -1.10. The average molecular weight is 612 g/mol. The summed E-state index contributed by atoms with van der Waals surface area (Å²) in [5.74, 6) is 1.67. The van der Waals surface area contributed by atoms with Crippen molar-refractivity contribution in [1.82, 2.24) is 10.6 Å². The molecule has 12 nitrogen and oxygen atoms in total. The van der Waals surface area contributed by atoms with Crippen LogP contribution in [0.2, 0.25) is 0 Å². The predicted molar refractivity (Wildman–Crippen MR) is 112 cm³/mol. The number of rotatable bonds is 7. The summed E-state index contributed by atoms with van der Waals surface area (Å²) < 4.78 is 20.6. The fourth-order valence-electron chi connectivity index (χ4n) is 2.74. The van der Waals surface area contributed by atoms with E-state index in [9.17, 15) is 9.59 Å².